The fourth-order valence-corrected chi connectivity index (χ4v) is 5.03. The molecule has 1 aliphatic carbocycles. The summed E-state index contributed by atoms with van der Waals surface area (Å²) < 4.78 is 46.8. The van der Waals surface area contributed by atoms with Crippen molar-refractivity contribution in [1.82, 2.24) is 5.32 Å². The molecule has 0 aromatic heterocycles. The molecule has 0 aliphatic heterocycles. The minimum atomic E-state index is -3.96. The Morgan fingerprint density at radius 1 is 1.13 bits per heavy atom. The van der Waals surface area contributed by atoms with Crippen LogP contribution in [0.1, 0.15) is 49.4 Å². The van der Waals surface area contributed by atoms with Crippen LogP contribution in [0.15, 0.2) is 53.4 Å². The van der Waals surface area contributed by atoms with Crippen LogP contribution in [0, 0.1) is 11.7 Å². The molecule has 0 heterocycles. The quantitative estimate of drug-likeness (QED) is 0.566. The van der Waals surface area contributed by atoms with E-state index in [0.29, 0.717) is 24.6 Å². The highest BCUT2D eigenvalue weighted by molar-refractivity contribution is 7.92. The molecule has 0 radical (unpaired) electrons. The summed E-state index contributed by atoms with van der Waals surface area (Å²) in [6.45, 7) is 3.14. The molecule has 2 aromatic carbocycles. The van der Waals surface area contributed by atoms with Crippen molar-refractivity contribution >= 4 is 21.6 Å². The monoisotopic (exact) mass is 448 g/mol. The van der Waals surface area contributed by atoms with Crippen LogP contribution in [0.2, 0.25) is 0 Å². The number of benzene rings is 2. The Labute approximate surface area is 183 Å². The second kappa shape index (κ2) is 10.7. The average molecular weight is 449 g/mol. The van der Waals surface area contributed by atoms with Gasteiger partial charge < -0.3 is 10.1 Å². The summed E-state index contributed by atoms with van der Waals surface area (Å²) in [5.41, 5.74) is 0.231. The third-order valence-electron chi connectivity index (χ3n) is 5.57. The summed E-state index contributed by atoms with van der Waals surface area (Å²) in [5, 5.41) is 2.88. The van der Waals surface area contributed by atoms with Gasteiger partial charge in [0.05, 0.1) is 16.7 Å². The number of nitrogens with one attached hydrogen (secondary N) is 2. The lowest BCUT2D eigenvalue weighted by atomic mass is 9.98. The summed E-state index contributed by atoms with van der Waals surface area (Å²) >= 11 is 0. The van der Waals surface area contributed by atoms with Gasteiger partial charge in [-0.15, -0.1) is 0 Å². The van der Waals surface area contributed by atoms with Gasteiger partial charge in [-0.3, -0.25) is 9.52 Å². The first-order chi connectivity index (χ1) is 14.9. The summed E-state index contributed by atoms with van der Waals surface area (Å²) in [4.78, 5) is 12.4. The Morgan fingerprint density at radius 2 is 1.81 bits per heavy atom. The molecule has 0 saturated heterocycles. The summed E-state index contributed by atoms with van der Waals surface area (Å²) in [5.74, 6) is -0.374. The molecule has 1 amide bonds. The summed E-state index contributed by atoms with van der Waals surface area (Å²) in [6, 6.07) is 11.1. The molecular formula is C23H29FN2O4S. The molecule has 1 aliphatic rings. The number of rotatable bonds is 10. The molecule has 0 spiro atoms. The van der Waals surface area contributed by atoms with Crippen LogP contribution in [0.3, 0.4) is 0 Å². The Bertz CT molecular complexity index is 973. The highest BCUT2D eigenvalue weighted by Crippen LogP contribution is 2.30. The predicted octanol–water partition coefficient (Wildman–Crippen LogP) is 4.34. The van der Waals surface area contributed by atoms with Gasteiger partial charge in [-0.2, -0.15) is 0 Å². The van der Waals surface area contributed by atoms with E-state index in [9.17, 15) is 17.6 Å². The number of carbonyl (C=O) groups is 1. The molecule has 1 atom stereocenters. The van der Waals surface area contributed by atoms with E-state index in [1.165, 1.54) is 74.2 Å². The van der Waals surface area contributed by atoms with Gasteiger partial charge in [-0.25, -0.2) is 12.8 Å². The second-order valence-electron chi connectivity index (χ2n) is 7.69. The van der Waals surface area contributed by atoms with Crippen molar-refractivity contribution < 1.29 is 22.3 Å². The molecule has 1 saturated carbocycles. The number of carbonyl (C=O) groups excluding carboxylic acids is 1. The van der Waals surface area contributed by atoms with Gasteiger partial charge in [0.2, 0.25) is 0 Å². The van der Waals surface area contributed by atoms with Gasteiger partial charge in [-0.1, -0.05) is 25.0 Å². The zero-order valence-electron chi connectivity index (χ0n) is 17.6. The number of ether oxygens (including phenoxy) is 1. The van der Waals surface area contributed by atoms with Crippen LogP contribution in [0.4, 0.5) is 10.1 Å². The Balaban J connectivity index is 1.56. The van der Waals surface area contributed by atoms with Crippen LogP contribution in [-0.4, -0.2) is 33.6 Å². The van der Waals surface area contributed by atoms with Crippen LogP contribution < -0.4 is 10.0 Å². The smallest absolute Gasteiger partial charge is 0.261 e. The SMILES string of the molecule is CCO[C@@H](CCNC(=O)c1ccc(S(=O)(=O)Nc2ccccc2F)cc1)C1CCCC1. The minimum absolute atomic E-state index is 0.0510. The molecule has 0 unspecified atom stereocenters. The maximum absolute atomic E-state index is 13.7. The highest BCUT2D eigenvalue weighted by Gasteiger charge is 2.25. The van der Waals surface area contributed by atoms with Crippen LogP contribution in [0.25, 0.3) is 0 Å². The van der Waals surface area contributed by atoms with Crippen LogP contribution in [-0.2, 0) is 14.8 Å². The first-order valence-electron chi connectivity index (χ1n) is 10.7. The lowest BCUT2D eigenvalue weighted by Crippen LogP contribution is -2.31. The standard InChI is InChI=1S/C23H29FN2O4S/c1-2-30-22(17-7-3-4-8-17)15-16-25-23(27)18-11-13-19(14-12-18)31(28,29)26-21-10-6-5-9-20(21)24/h5-6,9-14,17,22,26H,2-4,7-8,15-16H2,1H3,(H,25,27)/t22-/m0/s1. The van der Waals surface area contributed by atoms with Crippen molar-refractivity contribution in [2.45, 2.75) is 50.0 Å². The van der Waals surface area contributed by atoms with Crippen molar-refractivity contribution in [2.75, 3.05) is 17.9 Å². The number of hydrogen-bond donors (Lipinski definition) is 2. The Hall–Kier alpha value is -2.45. The third kappa shape index (κ3) is 6.27. The normalized spacial score (nSPS) is 15.5. The van der Waals surface area contributed by atoms with Gasteiger partial charge in [0.25, 0.3) is 15.9 Å². The molecule has 8 heteroatoms. The molecule has 168 valence electrons. The van der Waals surface area contributed by atoms with Gasteiger partial charge in [0.15, 0.2) is 0 Å². The van der Waals surface area contributed by atoms with Crippen LogP contribution in [0.5, 0.6) is 0 Å². The van der Waals surface area contributed by atoms with Gasteiger partial charge in [-0.05, 0) is 68.5 Å². The van der Waals surface area contributed by atoms with Crippen molar-refractivity contribution in [1.29, 1.82) is 0 Å². The highest BCUT2D eigenvalue weighted by atomic mass is 32.2. The molecule has 3 rings (SSSR count). The molecule has 2 N–H and O–H groups in total. The topological polar surface area (TPSA) is 84.5 Å². The number of anilines is 1. The number of para-hydroxylation sites is 1. The van der Waals surface area contributed by atoms with E-state index in [4.69, 9.17) is 4.74 Å². The lowest BCUT2D eigenvalue weighted by Gasteiger charge is -2.23. The second-order valence-corrected chi connectivity index (χ2v) is 9.38. The fourth-order valence-electron chi connectivity index (χ4n) is 3.96. The number of sulfonamides is 1. The van der Waals surface area contributed by atoms with Crippen molar-refractivity contribution in [3.05, 3.63) is 59.9 Å². The largest absolute Gasteiger partial charge is 0.378 e. The zero-order valence-corrected chi connectivity index (χ0v) is 18.5. The minimum Gasteiger partial charge on any atom is -0.378 e. The van der Waals surface area contributed by atoms with Crippen LogP contribution >= 0.6 is 0 Å². The van der Waals surface area contributed by atoms with E-state index in [-0.39, 0.29) is 22.6 Å². The van der Waals surface area contributed by atoms with E-state index in [1.54, 1.807) is 0 Å². The summed E-state index contributed by atoms with van der Waals surface area (Å²) in [6.07, 6.45) is 5.74. The average Bonchev–Trinajstić information content (AvgIpc) is 3.29. The first-order valence-corrected chi connectivity index (χ1v) is 12.2. The van der Waals surface area contributed by atoms with E-state index < -0.39 is 15.8 Å². The van der Waals surface area contributed by atoms with E-state index >= 15 is 0 Å². The molecule has 1 fully saturated rings. The van der Waals surface area contributed by atoms with E-state index in [0.717, 1.165) is 6.42 Å². The molecule has 0 bridgehead atoms. The van der Waals surface area contributed by atoms with Crippen molar-refractivity contribution in [3.63, 3.8) is 0 Å². The number of amides is 1. The van der Waals surface area contributed by atoms with Gasteiger partial charge in [0.1, 0.15) is 5.82 Å². The van der Waals surface area contributed by atoms with Gasteiger partial charge in [0, 0.05) is 18.7 Å². The lowest BCUT2D eigenvalue weighted by molar-refractivity contribution is 0.0163. The summed E-state index contributed by atoms with van der Waals surface area (Å²) in [7, 11) is -3.96. The maximum Gasteiger partial charge on any atom is 0.261 e. The van der Waals surface area contributed by atoms with E-state index in [2.05, 4.69) is 10.0 Å². The zero-order chi connectivity index (χ0) is 22.3. The molecular weight excluding hydrogens is 419 g/mol. The van der Waals surface area contributed by atoms with Crippen molar-refractivity contribution in [2.24, 2.45) is 5.92 Å². The van der Waals surface area contributed by atoms with E-state index in [1.807, 2.05) is 6.92 Å². The Kier molecular flexibility index (Phi) is 8.03. The molecule has 31 heavy (non-hydrogen) atoms. The maximum atomic E-state index is 13.7. The fraction of sp³-hybridized carbons (Fsp3) is 0.435. The molecule has 6 nitrogen and oxygen atoms in total. The number of hydrogen-bond acceptors (Lipinski definition) is 4. The van der Waals surface area contributed by atoms with Crippen molar-refractivity contribution in [3.8, 4) is 0 Å². The Morgan fingerprint density at radius 3 is 2.45 bits per heavy atom. The first kappa shape index (κ1) is 23.2. The number of halogens is 1. The third-order valence-corrected chi connectivity index (χ3v) is 6.95. The molecule has 2 aromatic rings. The van der Waals surface area contributed by atoms with Gasteiger partial charge >= 0.3 is 0 Å². The predicted molar refractivity (Wildman–Crippen MR) is 118 cm³/mol.